The van der Waals surface area contributed by atoms with Crippen LogP contribution in [0.2, 0.25) is 0 Å². The van der Waals surface area contributed by atoms with Crippen LogP contribution in [0.3, 0.4) is 0 Å². The van der Waals surface area contributed by atoms with Gasteiger partial charge >= 0.3 is 5.97 Å². The van der Waals surface area contributed by atoms with E-state index in [1.54, 1.807) is 0 Å². The zero-order chi connectivity index (χ0) is 14.2. The molecule has 1 aliphatic carbocycles. The number of amides is 1. The van der Waals surface area contributed by atoms with Gasteiger partial charge in [0.15, 0.2) is 0 Å². The van der Waals surface area contributed by atoms with Crippen molar-refractivity contribution in [2.45, 2.75) is 63.6 Å². The van der Waals surface area contributed by atoms with Crippen molar-refractivity contribution in [2.24, 2.45) is 5.92 Å². The fourth-order valence-electron chi connectivity index (χ4n) is 4.10. The topological polar surface area (TPSA) is 58.6 Å². The highest BCUT2D eigenvalue weighted by molar-refractivity contribution is 5.85. The molecule has 1 amide bonds. The highest BCUT2D eigenvalue weighted by atomic mass is 16.5. The molecule has 2 aliphatic heterocycles. The van der Waals surface area contributed by atoms with Crippen LogP contribution in [0, 0.1) is 5.92 Å². The molecule has 0 radical (unpaired) electrons. The molecule has 5 nitrogen and oxygen atoms in total. The summed E-state index contributed by atoms with van der Waals surface area (Å²) in [4.78, 5) is 26.4. The van der Waals surface area contributed by atoms with Gasteiger partial charge in [0.05, 0.1) is 24.2 Å². The number of carbonyl (C=O) groups is 2. The third-order valence-electron chi connectivity index (χ3n) is 5.14. The standard InChI is InChI=1S/C15H24N2O3/c1-2-20-14(19)11-6-8-15(9-7-11)16-13(18)12-5-3-4-10-17(12)15/h11-12H,2-10H2,1H3,(H,16,18)/t11?,12-,15?/m0/s1. The first-order chi connectivity index (χ1) is 9.66. The van der Waals surface area contributed by atoms with Gasteiger partial charge in [-0.1, -0.05) is 6.42 Å². The number of rotatable bonds is 2. The first kappa shape index (κ1) is 13.9. The van der Waals surface area contributed by atoms with Gasteiger partial charge in [-0.2, -0.15) is 0 Å². The predicted molar refractivity (Wildman–Crippen MR) is 73.8 cm³/mol. The number of fused-ring (bicyclic) bond motifs is 2. The number of hydrogen-bond acceptors (Lipinski definition) is 4. The van der Waals surface area contributed by atoms with Gasteiger partial charge in [0.2, 0.25) is 5.91 Å². The summed E-state index contributed by atoms with van der Waals surface area (Å²) in [5.74, 6) is 0.141. The summed E-state index contributed by atoms with van der Waals surface area (Å²) >= 11 is 0. The second-order valence-corrected chi connectivity index (χ2v) is 6.25. The van der Waals surface area contributed by atoms with Crippen molar-refractivity contribution < 1.29 is 14.3 Å². The van der Waals surface area contributed by atoms with Gasteiger partial charge in [0.1, 0.15) is 0 Å². The molecule has 3 fully saturated rings. The summed E-state index contributed by atoms with van der Waals surface area (Å²) < 4.78 is 5.12. The lowest BCUT2D eigenvalue weighted by Gasteiger charge is -2.45. The Morgan fingerprint density at radius 1 is 1.35 bits per heavy atom. The Hall–Kier alpha value is -1.10. The lowest BCUT2D eigenvalue weighted by molar-refractivity contribution is -0.150. The smallest absolute Gasteiger partial charge is 0.308 e. The monoisotopic (exact) mass is 280 g/mol. The van der Waals surface area contributed by atoms with Crippen LogP contribution in [0.15, 0.2) is 0 Å². The molecule has 2 heterocycles. The molecule has 1 atom stereocenters. The minimum Gasteiger partial charge on any atom is -0.466 e. The van der Waals surface area contributed by atoms with Crippen LogP contribution in [0.5, 0.6) is 0 Å². The molecule has 0 aromatic carbocycles. The molecule has 0 bridgehead atoms. The number of piperidine rings is 1. The summed E-state index contributed by atoms with van der Waals surface area (Å²) in [6, 6.07) is 0.0721. The Balaban J connectivity index is 1.67. The molecule has 1 N–H and O–H groups in total. The van der Waals surface area contributed by atoms with Crippen molar-refractivity contribution in [3.05, 3.63) is 0 Å². The third-order valence-corrected chi connectivity index (χ3v) is 5.14. The molecule has 1 saturated carbocycles. The summed E-state index contributed by atoms with van der Waals surface area (Å²) in [6.45, 7) is 3.30. The average Bonchev–Trinajstić information content (AvgIpc) is 2.74. The third kappa shape index (κ3) is 2.22. The van der Waals surface area contributed by atoms with Gasteiger partial charge in [0.25, 0.3) is 0 Å². The Morgan fingerprint density at radius 2 is 2.10 bits per heavy atom. The van der Waals surface area contributed by atoms with Gasteiger partial charge < -0.3 is 10.1 Å². The molecule has 3 aliphatic rings. The molecule has 20 heavy (non-hydrogen) atoms. The van der Waals surface area contributed by atoms with E-state index in [-0.39, 0.29) is 29.5 Å². The lowest BCUT2D eigenvalue weighted by atomic mass is 9.80. The Morgan fingerprint density at radius 3 is 2.80 bits per heavy atom. The van der Waals surface area contributed by atoms with Crippen LogP contribution in [-0.2, 0) is 14.3 Å². The molecule has 1 spiro atoms. The van der Waals surface area contributed by atoms with E-state index < -0.39 is 0 Å². The highest BCUT2D eigenvalue weighted by Crippen LogP contribution is 2.41. The Labute approximate surface area is 120 Å². The van der Waals surface area contributed by atoms with E-state index in [0.717, 1.165) is 45.1 Å². The van der Waals surface area contributed by atoms with E-state index in [1.165, 1.54) is 6.42 Å². The zero-order valence-corrected chi connectivity index (χ0v) is 12.2. The average molecular weight is 280 g/mol. The Bertz CT molecular complexity index is 402. The molecular formula is C15H24N2O3. The SMILES string of the molecule is CCOC(=O)C1CCC2(CC1)NC(=O)[C@@H]1CCCCN12. The quantitative estimate of drug-likeness (QED) is 0.777. The van der Waals surface area contributed by atoms with Crippen molar-refractivity contribution in [1.82, 2.24) is 10.2 Å². The fraction of sp³-hybridized carbons (Fsp3) is 0.867. The van der Waals surface area contributed by atoms with E-state index in [9.17, 15) is 9.59 Å². The minimum absolute atomic E-state index is 0.0151. The van der Waals surface area contributed by atoms with Crippen molar-refractivity contribution in [3.63, 3.8) is 0 Å². The number of carbonyl (C=O) groups excluding carboxylic acids is 2. The van der Waals surface area contributed by atoms with E-state index in [4.69, 9.17) is 4.74 Å². The van der Waals surface area contributed by atoms with Crippen LogP contribution in [0.25, 0.3) is 0 Å². The normalized spacial score (nSPS) is 37.5. The number of nitrogens with one attached hydrogen (secondary N) is 1. The first-order valence-electron chi connectivity index (χ1n) is 7.92. The van der Waals surface area contributed by atoms with E-state index in [2.05, 4.69) is 10.2 Å². The predicted octanol–water partition coefficient (Wildman–Crippen LogP) is 1.42. The number of hydrogen-bond donors (Lipinski definition) is 1. The summed E-state index contributed by atoms with van der Waals surface area (Å²) in [5.41, 5.74) is -0.175. The van der Waals surface area contributed by atoms with Crippen LogP contribution in [-0.4, -0.2) is 41.6 Å². The van der Waals surface area contributed by atoms with Crippen LogP contribution in [0.1, 0.15) is 51.9 Å². The summed E-state index contributed by atoms with van der Waals surface area (Å²) in [7, 11) is 0. The highest BCUT2D eigenvalue weighted by Gasteiger charge is 2.53. The molecule has 0 unspecified atom stereocenters. The summed E-state index contributed by atoms with van der Waals surface area (Å²) in [6.07, 6.45) is 6.70. The summed E-state index contributed by atoms with van der Waals surface area (Å²) in [5, 5.41) is 3.24. The second-order valence-electron chi connectivity index (χ2n) is 6.25. The van der Waals surface area contributed by atoms with E-state index >= 15 is 0 Å². The van der Waals surface area contributed by atoms with Gasteiger partial charge in [-0.3, -0.25) is 14.5 Å². The number of esters is 1. The van der Waals surface area contributed by atoms with Crippen molar-refractivity contribution >= 4 is 11.9 Å². The van der Waals surface area contributed by atoms with E-state index in [0.29, 0.717) is 6.61 Å². The van der Waals surface area contributed by atoms with Crippen LogP contribution in [0.4, 0.5) is 0 Å². The van der Waals surface area contributed by atoms with Crippen molar-refractivity contribution in [3.8, 4) is 0 Å². The van der Waals surface area contributed by atoms with Crippen LogP contribution >= 0.6 is 0 Å². The van der Waals surface area contributed by atoms with Gasteiger partial charge in [-0.15, -0.1) is 0 Å². The lowest BCUT2D eigenvalue weighted by Crippen LogP contribution is -2.56. The molecular weight excluding hydrogens is 256 g/mol. The molecule has 2 saturated heterocycles. The van der Waals surface area contributed by atoms with Crippen molar-refractivity contribution in [1.29, 1.82) is 0 Å². The van der Waals surface area contributed by atoms with Gasteiger partial charge in [0, 0.05) is 6.54 Å². The molecule has 0 aromatic rings. The first-order valence-corrected chi connectivity index (χ1v) is 7.92. The maximum Gasteiger partial charge on any atom is 0.308 e. The Kier molecular flexibility index (Phi) is 3.71. The molecule has 3 rings (SSSR count). The van der Waals surface area contributed by atoms with Gasteiger partial charge in [-0.25, -0.2) is 0 Å². The van der Waals surface area contributed by atoms with Crippen molar-refractivity contribution in [2.75, 3.05) is 13.2 Å². The number of nitrogens with zero attached hydrogens (tertiary/aromatic N) is 1. The number of ether oxygens (including phenoxy) is 1. The molecule has 112 valence electrons. The molecule has 0 aromatic heterocycles. The van der Waals surface area contributed by atoms with E-state index in [1.807, 2.05) is 6.92 Å². The largest absolute Gasteiger partial charge is 0.466 e. The maximum atomic E-state index is 12.2. The zero-order valence-electron chi connectivity index (χ0n) is 12.2. The van der Waals surface area contributed by atoms with Crippen LogP contribution < -0.4 is 5.32 Å². The fourth-order valence-corrected chi connectivity index (χ4v) is 4.10. The second kappa shape index (κ2) is 5.35. The molecule has 5 heteroatoms. The minimum atomic E-state index is -0.175. The van der Waals surface area contributed by atoms with Gasteiger partial charge in [-0.05, 0) is 45.4 Å². The maximum absolute atomic E-state index is 12.2.